The maximum absolute atomic E-state index is 12.8. The topological polar surface area (TPSA) is 64.0 Å². The number of amides is 1. The van der Waals surface area contributed by atoms with E-state index in [4.69, 9.17) is 0 Å². The predicted molar refractivity (Wildman–Crippen MR) is 119 cm³/mol. The zero-order valence-corrected chi connectivity index (χ0v) is 18.3. The molecule has 1 aromatic rings. The van der Waals surface area contributed by atoms with Gasteiger partial charge in [-0.05, 0) is 75.6 Å². The maximum atomic E-state index is 12.8. The van der Waals surface area contributed by atoms with Crippen LogP contribution in [-0.2, 0) is 4.79 Å². The molecule has 31 heavy (non-hydrogen) atoms. The van der Waals surface area contributed by atoms with Crippen LogP contribution < -0.4 is 0 Å². The van der Waals surface area contributed by atoms with Crippen LogP contribution in [0.1, 0.15) is 68.4 Å². The molecule has 3 atom stereocenters. The van der Waals surface area contributed by atoms with Crippen molar-refractivity contribution in [3.63, 3.8) is 0 Å². The first-order valence-electron chi connectivity index (χ1n) is 12.1. The summed E-state index contributed by atoms with van der Waals surface area (Å²) < 4.78 is 0. The average molecular weight is 423 g/mol. The largest absolute Gasteiger partial charge is 0.395 e. The quantitative estimate of drug-likeness (QED) is 0.735. The van der Waals surface area contributed by atoms with E-state index >= 15 is 0 Å². The second-order valence-electron chi connectivity index (χ2n) is 9.96. The van der Waals surface area contributed by atoms with Gasteiger partial charge in [0.05, 0.1) is 6.61 Å². The van der Waals surface area contributed by atoms with Gasteiger partial charge in [0.25, 0.3) is 0 Å². The first-order valence-corrected chi connectivity index (χ1v) is 12.1. The molecule has 4 fully saturated rings. The summed E-state index contributed by atoms with van der Waals surface area (Å²) in [6, 6.07) is 8.72. The van der Waals surface area contributed by atoms with Crippen LogP contribution in [0, 0.1) is 17.8 Å². The minimum absolute atomic E-state index is 0.122. The number of rotatable bonds is 3. The van der Waals surface area contributed by atoms with E-state index in [1.165, 1.54) is 5.56 Å². The van der Waals surface area contributed by atoms with Gasteiger partial charge in [-0.3, -0.25) is 9.69 Å². The van der Waals surface area contributed by atoms with E-state index in [1.807, 2.05) is 12.1 Å². The number of carbonyl (C=O) groups excluding carboxylic acids is 1. The molecule has 2 heterocycles. The third-order valence-electron chi connectivity index (χ3n) is 7.77. The van der Waals surface area contributed by atoms with Gasteiger partial charge in [0.2, 0.25) is 5.91 Å². The highest BCUT2D eigenvalue weighted by molar-refractivity contribution is 5.81. The minimum atomic E-state index is -0.814. The van der Waals surface area contributed by atoms with Gasteiger partial charge in [-0.25, -0.2) is 0 Å². The van der Waals surface area contributed by atoms with E-state index in [0.717, 1.165) is 76.6 Å². The SMILES string of the molecule is O=C(C1CC1)N1CCCCN2[C@@H](CO)[C@@H](c3ccc(C#CC4(O)CCCC4)cc3)[C@@H]2C1. The highest BCUT2D eigenvalue weighted by Gasteiger charge is 2.50. The molecule has 2 N–H and O–H groups in total. The Morgan fingerprint density at radius 3 is 2.45 bits per heavy atom. The number of benzene rings is 1. The van der Waals surface area contributed by atoms with Crippen molar-refractivity contribution in [2.75, 3.05) is 26.2 Å². The fourth-order valence-electron chi connectivity index (χ4n) is 5.79. The number of aliphatic hydroxyl groups is 2. The van der Waals surface area contributed by atoms with E-state index in [-0.39, 0.29) is 30.5 Å². The Kier molecular flexibility index (Phi) is 5.81. The van der Waals surface area contributed by atoms with Gasteiger partial charge >= 0.3 is 0 Å². The molecule has 2 aliphatic carbocycles. The molecule has 2 saturated heterocycles. The molecule has 0 aromatic heterocycles. The standard InChI is InChI=1S/C26H34N2O3/c29-18-23-24(20-7-5-19(6-8-20)11-14-26(31)12-1-2-13-26)22-17-27(25(30)21-9-10-21)15-3-4-16-28(22)23/h5-8,21-24,29,31H,1-4,9-10,12-13,15-18H2/t22-,23-,24-/m0/s1. The second-order valence-corrected chi connectivity index (χ2v) is 9.96. The van der Waals surface area contributed by atoms with Crippen molar-refractivity contribution < 1.29 is 15.0 Å². The summed E-state index contributed by atoms with van der Waals surface area (Å²) >= 11 is 0. The molecule has 0 spiro atoms. The molecule has 5 heteroatoms. The summed E-state index contributed by atoms with van der Waals surface area (Å²) in [6.07, 6.45) is 7.85. The number of nitrogens with zero attached hydrogens (tertiary/aromatic N) is 2. The number of hydrogen-bond donors (Lipinski definition) is 2. The van der Waals surface area contributed by atoms with Crippen LogP contribution in [0.2, 0.25) is 0 Å². The number of hydrogen-bond acceptors (Lipinski definition) is 4. The summed E-state index contributed by atoms with van der Waals surface area (Å²) in [5.41, 5.74) is 1.32. The molecule has 5 nitrogen and oxygen atoms in total. The Hall–Kier alpha value is -1.87. The van der Waals surface area contributed by atoms with Crippen molar-refractivity contribution in [2.45, 2.75) is 75.0 Å². The molecule has 0 bridgehead atoms. The van der Waals surface area contributed by atoms with Crippen molar-refractivity contribution in [1.29, 1.82) is 0 Å². The highest BCUT2D eigenvalue weighted by Crippen LogP contribution is 2.42. The Bertz CT molecular complexity index is 861. The zero-order chi connectivity index (χ0) is 21.4. The molecular formula is C26H34N2O3. The third kappa shape index (κ3) is 4.26. The lowest BCUT2D eigenvalue weighted by molar-refractivity contribution is -0.137. The summed E-state index contributed by atoms with van der Waals surface area (Å²) in [7, 11) is 0. The summed E-state index contributed by atoms with van der Waals surface area (Å²) in [5, 5.41) is 20.6. The van der Waals surface area contributed by atoms with Crippen LogP contribution >= 0.6 is 0 Å². The summed E-state index contributed by atoms with van der Waals surface area (Å²) in [4.78, 5) is 17.3. The predicted octanol–water partition coefficient (Wildman–Crippen LogP) is 2.50. The molecule has 0 unspecified atom stereocenters. The van der Waals surface area contributed by atoms with Crippen LogP contribution in [0.15, 0.2) is 24.3 Å². The van der Waals surface area contributed by atoms with E-state index in [2.05, 4.69) is 33.8 Å². The lowest BCUT2D eigenvalue weighted by atomic mass is 9.74. The average Bonchev–Trinajstić information content (AvgIpc) is 3.52. The molecule has 1 amide bonds. The second kappa shape index (κ2) is 8.58. The monoisotopic (exact) mass is 422 g/mol. The fourth-order valence-corrected chi connectivity index (χ4v) is 5.79. The third-order valence-corrected chi connectivity index (χ3v) is 7.77. The molecule has 1 aromatic carbocycles. The van der Waals surface area contributed by atoms with E-state index in [0.29, 0.717) is 5.91 Å². The van der Waals surface area contributed by atoms with Crippen molar-refractivity contribution in [2.24, 2.45) is 5.92 Å². The maximum Gasteiger partial charge on any atom is 0.225 e. The number of aliphatic hydroxyl groups excluding tert-OH is 1. The molecular weight excluding hydrogens is 388 g/mol. The summed E-state index contributed by atoms with van der Waals surface area (Å²) in [6.45, 7) is 2.78. The lowest BCUT2D eigenvalue weighted by Gasteiger charge is -2.57. The first-order chi connectivity index (χ1) is 15.1. The smallest absolute Gasteiger partial charge is 0.225 e. The van der Waals surface area contributed by atoms with Gasteiger partial charge in [0.15, 0.2) is 0 Å². The molecule has 2 aliphatic heterocycles. The zero-order valence-electron chi connectivity index (χ0n) is 18.3. The normalized spacial score (nSPS) is 30.4. The van der Waals surface area contributed by atoms with Crippen LogP contribution in [-0.4, -0.2) is 69.8 Å². The molecule has 4 aliphatic rings. The number of fused-ring (bicyclic) bond motifs is 1. The van der Waals surface area contributed by atoms with Crippen LogP contribution in [0.5, 0.6) is 0 Å². The number of carbonyl (C=O) groups is 1. The van der Waals surface area contributed by atoms with Gasteiger partial charge in [-0.1, -0.05) is 24.0 Å². The molecule has 0 radical (unpaired) electrons. The fraction of sp³-hybridized carbons (Fsp3) is 0.654. The van der Waals surface area contributed by atoms with Gasteiger partial charge < -0.3 is 15.1 Å². The molecule has 2 saturated carbocycles. The first kappa shape index (κ1) is 21.0. The van der Waals surface area contributed by atoms with Crippen molar-refractivity contribution in [3.8, 4) is 11.8 Å². The van der Waals surface area contributed by atoms with Crippen LogP contribution in [0.3, 0.4) is 0 Å². The summed E-state index contributed by atoms with van der Waals surface area (Å²) in [5.74, 6) is 7.07. The Morgan fingerprint density at radius 2 is 1.77 bits per heavy atom. The van der Waals surface area contributed by atoms with Crippen molar-refractivity contribution in [1.82, 2.24) is 9.80 Å². The lowest BCUT2D eigenvalue weighted by Crippen LogP contribution is -2.68. The minimum Gasteiger partial charge on any atom is -0.395 e. The van der Waals surface area contributed by atoms with E-state index in [9.17, 15) is 15.0 Å². The van der Waals surface area contributed by atoms with Gasteiger partial charge in [-0.2, -0.15) is 0 Å². The molecule has 166 valence electrons. The van der Waals surface area contributed by atoms with Crippen molar-refractivity contribution in [3.05, 3.63) is 35.4 Å². The Labute approximate surface area is 185 Å². The van der Waals surface area contributed by atoms with Crippen molar-refractivity contribution >= 4 is 5.91 Å². The Morgan fingerprint density at radius 1 is 1.06 bits per heavy atom. The Balaban J connectivity index is 1.33. The van der Waals surface area contributed by atoms with Gasteiger partial charge in [-0.15, -0.1) is 0 Å². The van der Waals surface area contributed by atoms with E-state index < -0.39 is 5.60 Å². The van der Waals surface area contributed by atoms with E-state index in [1.54, 1.807) is 0 Å². The highest BCUT2D eigenvalue weighted by atomic mass is 16.3. The van der Waals surface area contributed by atoms with Crippen LogP contribution in [0.4, 0.5) is 0 Å². The molecule has 5 rings (SSSR count). The van der Waals surface area contributed by atoms with Gasteiger partial charge in [0.1, 0.15) is 5.60 Å². The van der Waals surface area contributed by atoms with Gasteiger partial charge in [0, 0.05) is 42.6 Å². The van der Waals surface area contributed by atoms with Crippen LogP contribution in [0.25, 0.3) is 0 Å².